The van der Waals surface area contributed by atoms with E-state index in [0.717, 1.165) is 54.4 Å². The van der Waals surface area contributed by atoms with Gasteiger partial charge in [0.05, 0.1) is 11.9 Å². The largest absolute Gasteiger partial charge is 0.383 e. The highest BCUT2D eigenvalue weighted by molar-refractivity contribution is 7.19. The van der Waals surface area contributed by atoms with Crippen LogP contribution in [0.4, 0.5) is 5.82 Å². The maximum absolute atomic E-state index is 6.39. The Kier molecular flexibility index (Phi) is 4.37. The van der Waals surface area contributed by atoms with Gasteiger partial charge in [0.25, 0.3) is 0 Å². The number of aromatic nitrogens is 2. The van der Waals surface area contributed by atoms with Gasteiger partial charge < -0.3 is 5.73 Å². The van der Waals surface area contributed by atoms with E-state index >= 15 is 0 Å². The molecule has 0 saturated carbocycles. The molecule has 5 heteroatoms. The highest BCUT2D eigenvalue weighted by Gasteiger charge is 2.26. The van der Waals surface area contributed by atoms with Gasteiger partial charge in [-0.05, 0) is 55.2 Å². The van der Waals surface area contributed by atoms with Gasteiger partial charge in [0.2, 0.25) is 0 Å². The maximum Gasteiger partial charge on any atom is 0.146 e. The molecule has 0 amide bonds. The first kappa shape index (κ1) is 17.1. The van der Waals surface area contributed by atoms with Gasteiger partial charge in [-0.25, -0.2) is 9.97 Å². The summed E-state index contributed by atoms with van der Waals surface area (Å²) in [6, 6.07) is 10.8. The van der Waals surface area contributed by atoms with Crippen molar-refractivity contribution in [1.82, 2.24) is 14.9 Å². The molecule has 140 valence electrons. The van der Waals surface area contributed by atoms with E-state index in [1.165, 1.54) is 28.8 Å². The second-order valence-electron chi connectivity index (χ2n) is 8.19. The van der Waals surface area contributed by atoms with Crippen molar-refractivity contribution in [3.63, 3.8) is 0 Å². The summed E-state index contributed by atoms with van der Waals surface area (Å²) in [7, 11) is 0. The lowest BCUT2D eigenvalue weighted by Gasteiger charge is -2.18. The minimum absolute atomic E-state index is 0.614. The molecule has 1 fully saturated rings. The number of nitrogens with zero attached hydrogens (tertiary/aromatic N) is 3. The van der Waals surface area contributed by atoms with Gasteiger partial charge in [-0.3, -0.25) is 4.90 Å². The number of hydrogen-bond acceptors (Lipinski definition) is 5. The fourth-order valence-electron chi connectivity index (χ4n) is 4.66. The van der Waals surface area contributed by atoms with Crippen molar-refractivity contribution in [1.29, 1.82) is 0 Å². The SMILES string of the molecule is CC1CCc2c(sc3nc(CN4CCC(c5ccccc5)C4)nc(N)c23)C1. The van der Waals surface area contributed by atoms with E-state index in [1.807, 2.05) is 11.3 Å². The van der Waals surface area contributed by atoms with Crippen molar-refractivity contribution in [3.05, 3.63) is 52.2 Å². The summed E-state index contributed by atoms with van der Waals surface area (Å²) >= 11 is 1.84. The molecule has 3 heterocycles. The lowest BCUT2D eigenvalue weighted by Crippen LogP contribution is -2.21. The van der Waals surface area contributed by atoms with E-state index < -0.39 is 0 Å². The summed E-state index contributed by atoms with van der Waals surface area (Å²) in [5.41, 5.74) is 9.25. The lowest BCUT2D eigenvalue weighted by molar-refractivity contribution is 0.319. The second-order valence-corrected chi connectivity index (χ2v) is 9.27. The van der Waals surface area contributed by atoms with Crippen molar-refractivity contribution in [3.8, 4) is 0 Å². The van der Waals surface area contributed by atoms with Crippen LogP contribution in [0.1, 0.15) is 47.5 Å². The minimum atomic E-state index is 0.614. The fourth-order valence-corrected chi connectivity index (χ4v) is 6.07. The molecule has 4 nitrogen and oxygen atoms in total. The van der Waals surface area contributed by atoms with Crippen LogP contribution in [0.15, 0.2) is 30.3 Å². The van der Waals surface area contributed by atoms with Gasteiger partial charge >= 0.3 is 0 Å². The zero-order valence-electron chi connectivity index (χ0n) is 15.8. The third kappa shape index (κ3) is 3.23. The average molecular weight is 379 g/mol. The molecule has 2 N–H and O–H groups in total. The quantitative estimate of drug-likeness (QED) is 0.734. The Bertz CT molecular complexity index is 965. The number of aryl methyl sites for hydroxylation is 1. The summed E-state index contributed by atoms with van der Waals surface area (Å²) < 4.78 is 0. The molecular formula is C22H26N4S. The predicted octanol–water partition coefficient (Wildman–Crippen LogP) is 4.39. The third-order valence-electron chi connectivity index (χ3n) is 6.14. The Hall–Kier alpha value is -1.98. The predicted molar refractivity (Wildman–Crippen MR) is 112 cm³/mol. The maximum atomic E-state index is 6.39. The number of rotatable bonds is 3. The fraction of sp³-hybridized carbons (Fsp3) is 0.455. The molecule has 3 aromatic rings. The Morgan fingerprint density at radius 1 is 1.19 bits per heavy atom. The van der Waals surface area contributed by atoms with Crippen LogP contribution in [0.5, 0.6) is 0 Å². The Morgan fingerprint density at radius 3 is 2.89 bits per heavy atom. The standard InChI is InChI=1S/C22H26N4S/c1-14-7-8-17-18(11-14)27-22-20(17)21(23)24-19(25-22)13-26-10-9-16(12-26)15-5-3-2-4-6-15/h2-6,14,16H,7-13H2,1H3,(H2,23,24,25). The second kappa shape index (κ2) is 6.88. The molecule has 1 aliphatic heterocycles. The molecule has 1 saturated heterocycles. The molecule has 2 aliphatic rings. The van der Waals surface area contributed by atoms with E-state index in [4.69, 9.17) is 15.7 Å². The van der Waals surface area contributed by atoms with Crippen LogP contribution in [-0.4, -0.2) is 28.0 Å². The van der Waals surface area contributed by atoms with Gasteiger partial charge in [0.15, 0.2) is 0 Å². The van der Waals surface area contributed by atoms with Crippen molar-refractivity contribution in [2.75, 3.05) is 18.8 Å². The van der Waals surface area contributed by atoms with Crippen LogP contribution in [0, 0.1) is 5.92 Å². The number of nitrogen functional groups attached to an aromatic ring is 1. The normalized spacial score (nSPS) is 23.0. The first-order valence-corrected chi connectivity index (χ1v) is 10.8. The summed E-state index contributed by atoms with van der Waals surface area (Å²) in [4.78, 5) is 14.6. The number of nitrogens with two attached hydrogens (primary N) is 1. The molecule has 27 heavy (non-hydrogen) atoms. The number of likely N-dealkylation sites (tertiary alicyclic amines) is 1. The first-order chi connectivity index (χ1) is 13.2. The Balaban J connectivity index is 1.37. The van der Waals surface area contributed by atoms with E-state index in [2.05, 4.69) is 42.2 Å². The van der Waals surface area contributed by atoms with Crippen molar-refractivity contribution in [2.24, 2.45) is 5.92 Å². The number of anilines is 1. The molecule has 2 aromatic heterocycles. The van der Waals surface area contributed by atoms with Crippen molar-refractivity contribution in [2.45, 2.75) is 45.1 Å². The summed E-state index contributed by atoms with van der Waals surface area (Å²) in [6.45, 7) is 5.30. The first-order valence-electron chi connectivity index (χ1n) is 10.0. The van der Waals surface area contributed by atoms with Crippen LogP contribution in [0.25, 0.3) is 10.2 Å². The molecule has 5 rings (SSSR count). The Morgan fingerprint density at radius 2 is 2.04 bits per heavy atom. The van der Waals surface area contributed by atoms with Crippen LogP contribution in [0.3, 0.4) is 0 Å². The van der Waals surface area contributed by atoms with E-state index in [-0.39, 0.29) is 0 Å². The molecule has 2 unspecified atom stereocenters. The molecular weight excluding hydrogens is 352 g/mol. The molecule has 0 spiro atoms. The number of fused-ring (bicyclic) bond motifs is 3. The van der Waals surface area contributed by atoms with Crippen LogP contribution in [-0.2, 0) is 19.4 Å². The van der Waals surface area contributed by atoms with Gasteiger partial charge in [0, 0.05) is 11.4 Å². The summed E-state index contributed by atoms with van der Waals surface area (Å²) in [6.07, 6.45) is 4.73. The number of thiophene rings is 1. The van der Waals surface area contributed by atoms with Crippen LogP contribution >= 0.6 is 11.3 Å². The van der Waals surface area contributed by atoms with Crippen LogP contribution < -0.4 is 5.73 Å². The topological polar surface area (TPSA) is 55.0 Å². The van der Waals surface area contributed by atoms with Crippen LogP contribution in [0.2, 0.25) is 0 Å². The van der Waals surface area contributed by atoms with Gasteiger partial charge in [0.1, 0.15) is 16.5 Å². The zero-order valence-corrected chi connectivity index (χ0v) is 16.6. The molecule has 1 aromatic carbocycles. The van der Waals surface area contributed by atoms with Crippen molar-refractivity contribution < 1.29 is 0 Å². The summed E-state index contributed by atoms with van der Waals surface area (Å²) in [5, 5.41) is 1.13. The van der Waals surface area contributed by atoms with Gasteiger partial charge in [-0.1, -0.05) is 37.3 Å². The smallest absolute Gasteiger partial charge is 0.146 e. The Labute approximate surface area is 164 Å². The number of benzene rings is 1. The molecule has 2 atom stereocenters. The average Bonchev–Trinajstić information content (AvgIpc) is 3.26. The van der Waals surface area contributed by atoms with E-state index in [1.54, 1.807) is 0 Å². The minimum Gasteiger partial charge on any atom is -0.383 e. The third-order valence-corrected chi connectivity index (χ3v) is 7.29. The monoisotopic (exact) mass is 378 g/mol. The molecule has 0 bridgehead atoms. The van der Waals surface area contributed by atoms with Crippen molar-refractivity contribution >= 4 is 27.4 Å². The molecule has 0 radical (unpaired) electrons. The summed E-state index contributed by atoms with van der Waals surface area (Å²) in [5.74, 6) is 2.93. The van der Waals surface area contributed by atoms with E-state index in [0.29, 0.717) is 11.7 Å². The lowest BCUT2D eigenvalue weighted by atomic mass is 9.89. The van der Waals surface area contributed by atoms with E-state index in [9.17, 15) is 0 Å². The molecule has 1 aliphatic carbocycles. The highest BCUT2D eigenvalue weighted by atomic mass is 32.1. The number of hydrogen-bond donors (Lipinski definition) is 1. The van der Waals surface area contributed by atoms with Gasteiger partial charge in [-0.2, -0.15) is 0 Å². The zero-order chi connectivity index (χ0) is 18.4. The van der Waals surface area contributed by atoms with Gasteiger partial charge in [-0.15, -0.1) is 11.3 Å². The highest BCUT2D eigenvalue weighted by Crippen LogP contribution is 2.39.